The molecule has 1 heterocycles. The summed E-state index contributed by atoms with van der Waals surface area (Å²) >= 11 is 6.72. The monoisotopic (exact) mass is 337 g/mol. The summed E-state index contributed by atoms with van der Waals surface area (Å²) in [4.78, 5) is 0. The van der Waals surface area contributed by atoms with Crippen LogP contribution in [0.2, 0.25) is 0 Å². The van der Waals surface area contributed by atoms with Crippen LogP contribution in [-0.2, 0) is 6.54 Å². The lowest BCUT2D eigenvalue weighted by Gasteiger charge is -2.14. The van der Waals surface area contributed by atoms with E-state index < -0.39 is 0 Å². The van der Waals surface area contributed by atoms with Crippen LogP contribution in [0.5, 0.6) is 0 Å². The summed E-state index contributed by atoms with van der Waals surface area (Å²) < 4.78 is 7.21. The Labute approximate surface area is 108 Å². The number of nitrogens with one attached hydrogen (secondary N) is 1. The van der Waals surface area contributed by atoms with Crippen LogP contribution in [0.1, 0.15) is 33.0 Å². The van der Waals surface area contributed by atoms with Crippen molar-refractivity contribution in [1.82, 2.24) is 5.32 Å². The molecule has 1 aromatic rings. The van der Waals surface area contributed by atoms with Gasteiger partial charge in [-0.05, 0) is 57.2 Å². The van der Waals surface area contributed by atoms with E-state index in [1.54, 1.807) is 0 Å². The highest BCUT2D eigenvalue weighted by Gasteiger charge is 2.08. The van der Waals surface area contributed by atoms with Gasteiger partial charge in [-0.3, -0.25) is 0 Å². The Bertz CT molecular complexity index is 290. The molecule has 0 amide bonds. The summed E-state index contributed by atoms with van der Waals surface area (Å²) in [7, 11) is 0. The van der Waals surface area contributed by atoms with Crippen LogP contribution in [0.15, 0.2) is 19.6 Å². The summed E-state index contributed by atoms with van der Waals surface area (Å²) in [5.74, 6) is 1.67. The van der Waals surface area contributed by atoms with Crippen LogP contribution in [0, 0.1) is 5.92 Å². The minimum absolute atomic E-state index is 0.521. The maximum Gasteiger partial charge on any atom is 0.183 e. The van der Waals surface area contributed by atoms with Crippen molar-refractivity contribution >= 4 is 31.9 Å². The van der Waals surface area contributed by atoms with E-state index in [0.29, 0.717) is 6.04 Å². The second-order valence-electron chi connectivity index (χ2n) is 4.25. The average molecular weight is 339 g/mol. The Morgan fingerprint density at radius 2 is 2.00 bits per heavy atom. The molecule has 1 atom stereocenters. The van der Waals surface area contributed by atoms with E-state index in [1.165, 1.54) is 6.42 Å². The zero-order valence-electron chi connectivity index (χ0n) is 9.31. The Kier molecular flexibility index (Phi) is 5.36. The third-order valence-corrected chi connectivity index (χ3v) is 3.86. The Balaban J connectivity index is 2.36. The Morgan fingerprint density at radius 1 is 1.33 bits per heavy atom. The number of hydrogen-bond donors (Lipinski definition) is 1. The molecule has 0 saturated heterocycles. The second kappa shape index (κ2) is 6.06. The summed E-state index contributed by atoms with van der Waals surface area (Å²) in [6.45, 7) is 7.45. The van der Waals surface area contributed by atoms with Gasteiger partial charge < -0.3 is 9.73 Å². The van der Waals surface area contributed by atoms with Crippen molar-refractivity contribution < 1.29 is 4.42 Å². The Morgan fingerprint density at radius 3 is 2.47 bits per heavy atom. The van der Waals surface area contributed by atoms with Gasteiger partial charge in [0.1, 0.15) is 5.76 Å². The van der Waals surface area contributed by atoms with Gasteiger partial charge in [0.05, 0.1) is 11.0 Å². The summed E-state index contributed by atoms with van der Waals surface area (Å²) in [6, 6.07) is 2.51. The fraction of sp³-hybridized carbons (Fsp3) is 0.636. The molecule has 2 nitrogen and oxygen atoms in total. The molecule has 1 aromatic heterocycles. The molecule has 0 aromatic carbocycles. The van der Waals surface area contributed by atoms with Gasteiger partial charge in [0.2, 0.25) is 0 Å². The lowest BCUT2D eigenvalue weighted by atomic mass is 10.1. The van der Waals surface area contributed by atoms with Crippen molar-refractivity contribution in [1.29, 1.82) is 0 Å². The van der Waals surface area contributed by atoms with Gasteiger partial charge in [-0.25, -0.2) is 0 Å². The highest BCUT2D eigenvalue weighted by molar-refractivity contribution is 9.13. The van der Waals surface area contributed by atoms with Crippen LogP contribution in [0.4, 0.5) is 0 Å². The molecule has 1 rings (SSSR count). The van der Waals surface area contributed by atoms with Gasteiger partial charge in [0, 0.05) is 6.04 Å². The third-order valence-electron chi connectivity index (χ3n) is 2.15. The Hall–Kier alpha value is 0.200. The summed E-state index contributed by atoms with van der Waals surface area (Å²) in [6.07, 6.45) is 1.18. The smallest absolute Gasteiger partial charge is 0.183 e. The van der Waals surface area contributed by atoms with E-state index in [1.807, 2.05) is 6.07 Å². The van der Waals surface area contributed by atoms with Gasteiger partial charge in [0.25, 0.3) is 0 Å². The van der Waals surface area contributed by atoms with Gasteiger partial charge in [0.15, 0.2) is 4.67 Å². The molecule has 0 spiro atoms. The summed E-state index contributed by atoms with van der Waals surface area (Å²) in [5, 5.41) is 3.44. The fourth-order valence-electron chi connectivity index (χ4n) is 1.54. The van der Waals surface area contributed by atoms with Crippen molar-refractivity contribution in [2.75, 3.05) is 0 Å². The predicted octanol–water partition coefficient (Wildman–Crippen LogP) is 4.33. The van der Waals surface area contributed by atoms with E-state index >= 15 is 0 Å². The van der Waals surface area contributed by atoms with Gasteiger partial charge in [-0.2, -0.15) is 0 Å². The highest BCUT2D eigenvalue weighted by Crippen LogP contribution is 2.26. The predicted molar refractivity (Wildman–Crippen MR) is 69.9 cm³/mol. The van der Waals surface area contributed by atoms with Crippen LogP contribution in [0.25, 0.3) is 0 Å². The SMILES string of the molecule is CC(C)CC(C)NCc1cc(Br)c(Br)o1. The third kappa shape index (κ3) is 4.70. The second-order valence-corrected chi connectivity index (χ2v) is 5.82. The highest BCUT2D eigenvalue weighted by atomic mass is 79.9. The largest absolute Gasteiger partial charge is 0.452 e. The normalized spacial score (nSPS) is 13.5. The van der Waals surface area contributed by atoms with Crippen molar-refractivity contribution in [3.8, 4) is 0 Å². The first-order chi connectivity index (χ1) is 6.99. The van der Waals surface area contributed by atoms with Gasteiger partial charge in [-0.15, -0.1) is 0 Å². The molecular weight excluding hydrogens is 322 g/mol. The maximum atomic E-state index is 5.48. The number of halogens is 2. The molecule has 0 aliphatic heterocycles. The molecule has 0 aliphatic carbocycles. The molecule has 1 N–H and O–H groups in total. The fourth-order valence-corrected chi connectivity index (χ4v) is 2.20. The first-order valence-electron chi connectivity index (χ1n) is 5.16. The molecule has 0 radical (unpaired) electrons. The van der Waals surface area contributed by atoms with Crippen molar-refractivity contribution in [2.24, 2.45) is 5.92 Å². The van der Waals surface area contributed by atoms with Gasteiger partial charge in [-0.1, -0.05) is 13.8 Å². The molecule has 1 unspecified atom stereocenters. The van der Waals surface area contributed by atoms with E-state index in [9.17, 15) is 0 Å². The summed E-state index contributed by atoms with van der Waals surface area (Å²) in [5.41, 5.74) is 0. The molecule has 86 valence electrons. The minimum Gasteiger partial charge on any atom is -0.452 e. The van der Waals surface area contributed by atoms with E-state index in [2.05, 4.69) is 57.9 Å². The number of rotatable bonds is 5. The molecule has 4 heteroatoms. The van der Waals surface area contributed by atoms with Crippen molar-refractivity contribution in [3.63, 3.8) is 0 Å². The number of hydrogen-bond acceptors (Lipinski definition) is 2. The molecule has 0 aliphatic rings. The quantitative estimate of drug-likeness (QED) is 0.864. The minimum atomic E-state index is 0.521. The molecular formula is C11H17Br2NO. The molecule has 0 bridgehead atoms. The maximum absolute atomic E-state index is 5.48. The first-order valence-corrected chi connectivity index (χ1v) is 6.74. The molecule has 0 saturated carbocycles. The lowest BCUT2D eigenvalue weighted by molar-refractivity contribution is 0.404. The zero-order chi connectivity index (χ0) is 11.4. The van der Waals surface area contributed by atoms with Gasteiger partial charge >= 0.3 is 0 Å². The zero-order valence-corrected chi connectivity index (χ0v) is 12.5. The van der Waals surface area contributed by atoms with E-state index in [0.717, 1.165) is 27.4 Å². The standard InChI is InChI=1S/C11H17Br2NO/c1-7(2)4-8(3)14-6-9-5-10(12)11(13)15-9/h5,7-8,14H,4,6H2,1-3H3. The lowest BCUT2D eigenvalue weighted by Crippen LogP contribution is -2.26. The average Bonchev–Trinajstić information content (AvgIpc) is 2.42. The van der Waals surface area contributed by atoms with E-state index in [-0.39, 0.29) is 0 Å². The van der Waals surface area contributed by atoms with Crippen LogP contribution < -0.4 is 5.32 Å². The molecule has 0 fully saturated rings. The van der Waals surface area contributed by atoms with Crippen molar-refractivity contribution in [2.45, 2.75) is 39.8 Å². The van der Waals surface area contributed by atoms with Crippen LogP contribution in [0.3, 0.4) is 0 Å². The van der Waals surface area contributed by atoms with Crippen molar-refractivity contribution in [3.05, 3.63) is 21.0 Å². The topological polar surface area (TPSA) is 25.2 Å². The van der Waals surface area contributed by atoms with Crippen LogP contribution in [-0.4, -0.2) is 6.04 Å². The van der Waals surface area contributed by atoms with E-state index in [4.69, 9.17) is 4.42 Å². The number of furan rings is 1. The molecule has 15 heavy (non-hydrogen) atoms. The van der Waals surface area contributed by atoms with Crippen LogP contribution >= 0.6 is 31.9 Å². The first kappa shape index (κ1) is 13.3.